The van der Waals surface area contributed by atoms with Gasteiger partial charge in [-0.05, 0) is 128 Å². The van der Waals surface area contributed by atoms with Gasteiger partial charge in [0.05, 0.1) is 0 Å². The smallest absolute Gasteiger partial charge is 0.306 e. The second-order valence-corrected chi connectivity index (χ2v) is 22.0. The molecule has 0 saturated carbocycles. The van der Waals surface area contributed by atoms with Crippen LogP contribution < -0.4 is 0 Å². The molecule has 0 amide bonds. The first kappa shape index (κ1) is 75.8. The van der Waals surface area contributed by atoms with E-state index < -0.39 is 6.10 Å². The topological polar surface area (TPSA) is 78.9 Å². The maximum Gasteiger partial charge on any atom is 0.306 e. The summed E-state index contributed by atoms with van der Waals surface area (Å²) < 4.78 is 16.9. The van der Waals surface area contributed by atoms with Gasteiger partial charge in [0, 0.05) is 19.3 Å². The molecular formula is C74H124O6. The van der Waals surface area contributed by atoms with Gasteiger partial charge in [0.1, 0.15) is 13.2 Å². The lowest BCUT2D eigenvalue weighted by Crippen LogP contribution is -2.30. The average molecular weight is 1110 g/mol. The Morgan fingerprint density at radius 2 is 0.487 bits per heavy atom. The summed E-state index contributed by atoms with van der Waals surface area (Å²) in [4.78, 5) is 38.4. The van der Waals surface area contributed by atoms with Crippen molar-refractivity contribution in [3.63, 3.8) is 0 Å². The minimum Gasteiger partial charge on any atom is -0.462 e. The third kappa shape index (κ3) is 64.6. The Morgan fingerprint density at radius 1 is 0.263 bits per heavy atom. The summed E-state index contributed by atoms with van der Waals surface area (Å²) >= 11 is 0. The predicted molar refractivity (Wildman–Crippen MR) is 348 cm³/mol. The number of hydrogen-bond donors (Lipinski definition) is 0. The van der Waals surface area contributed by atoms with Crippen molar-refractivity contribution < 1.29 is 28.6 Å². The second-order valence-electron chi connectivity index (χ2n) is 22.0. The highest BCUT2D eigenvalue weighted by atomic mass is 16.6. The SMILES string of the molecule is CC/C=C\C/C=C\C/C=C\C/C=C\C/C=C\CCCCCCCCCCCCCC(=O)OCC(COC(=O)CCCCCC/C=C\C/C=C\C/C=C\C/C=C\CC)OC(=O)CCCCCCCCC/C=C\CCCCCCCCC. The maximum absolute atomic E-state index is 12.9. The van der Waals surface area contributed by atoms with Crippen LogP contribution in [-0.2, 0) is 28.6 Å². The van der Waals surface area contributed by atoms with E-state index >= 15 is 0 Å². The van der Waals surface area contributed by atoms with Crippen LogP contribution in [0.2, 0.25) is 0 Å². The molecule has 0 aliphatic rings. The summed E-state index contributed by atoms with van der Waals surface area (Å²) in [5, 5.41) is 0. The minimum absolute atomic E-state index is 0.0904. The number of allylic oxidation sites excluding steroid dienone is 20. The zero-order valence-electron chi connectivity index (χ0n) is 52.3. The fourth-order valence-electron chi connectivity index (χ4n) is 9.22. The summed E-state index contributed by atoms with van der Waals surface area (Å²) in [6.07, 6.45) is 93.5. The van der Waals surface area contributed by atoms with Crippen LogP contribution in [0.15, 0.2) is 122 Å². The third-order valence-electron chi connectivity index (χ3n) is 14.2. The van der Waals surface area contributed by atoms with Crippen LogP contribution in [0.5, 0.6) is 0 Å². The molecule has 0 aromatic heterocycles. The largest absolute Gasteiger partial charge is 0.462 e. The zero-order valence-corrected chi connectivity index (χ0v) is 52.3. The summed E-state index contributed by atoms with van der Waals surface area (Å²) in [5.74, 6) is -0.914. The summed E-state index contributed by atoms with van der Waals surface area (Å²) in [7, 11) is 0. The molecule has 6 heteroatoms. The quantitative estimate of drug-likeness (QED) is 0.0261. The monoisotopic (exact) mass is 1110 g/mol. The number of carbonyl (C=O) groups is 3. The molecular weight excluding hydrogens is 985 g/mol. The number of unbranched alkanes of at least 4 members (excludes halogenated alkanes) is 29. The Kier molecular flexibility index (Phi) is 63.8. The molecule has 0 radical (unpaired) electrons. The van der Waals surface area contributed by atoms with Gasteiger partial charge in [0.25, 0.3) is 0 Å². The molecule has 0 fully saturated rings. The molecule has 0 saturated heterocycles. The highest BCUT2D eigenvalue weighted by Crippen LogP contribution is 2.16. The molecule has 0 aromatic rings. The predicted octanol–water partition coefficient (Wildman–Crippen LogP) is 23.2. The van der Waals surface area contributed by atoms with Crippen LogP contribution in [0.3, 0.4) is 0 Å². The highest BCUT2D eigenvalue weighted by Gasteiger charge is 2.19. The number of hydrogen-bond acceptors (Lipinski definition) is 6. The van der Waals surface area contributed by atoms with E-state index in [0.717, 1.165) is 128 Å². The first-order chi connectivity index (χ1) is 39.5. The van der Waals surface area contributed by atoms with Crippen LogP contribution in [-0.4, -0.2) is 37.2 Å². The van der Waals surface area contributed by atoms with Gasteiger partial charge in [0.2, 0.25) is 0 Å². The van der Waals surface area contributed by atoms with E-state index in [0.29, 0.717) is 19.3 Å². The van der Waals surface area contributed by atoms with Crippen LogP contribution in [0, 0.1) is 0 Å². The Morgan fingerprint density at radius 3 is 0.775 bits per heavy atom. The number of carbonyl (C=O) groups excluding carboxylic acids is 3. The van der Waals surface area contributed by atoms with Gasteiger partial charge >= 0.3 is 17.9 Å². The molecule has 0 aromatic carbocycles. The lowest BCUT2D eigenvalue weighted by Gasteiger charge is -2.18. The second kappa shape index (κ2) is 67.3. The molecule has 0 rings (SSSR count). The molecule has 0 aliphatic heterocycles. The molecule has 1 unspecified atom stereocenters. The standard InChI is InChI=1S/C74H124O6/c1-4-7-10-13-16-19-22-25-28-31-33-34-35-36-37-38-39-40-41-44-46-49-52-55-58-61-64-67-73(76)79-70-71(69-78-72(75)66-63-60-57-54-51-48-45-42-30-27-24-21-18-15-12-9-6-3)80-74(77)68-65-62-59-56-53-50-47-43-32-29-26-23-20-17-14-11-8-5-2/h7,9-10,12,16,18-19,21,25,27-30,32-34,36-37,45,48,71H,4-6,8,11,13-15,17,20,22-24,26,31,35,38-44,46-47,49-70H2,1-3H3/b10-7-,12-9-,19-16-,21-18-,28-25-,30-27-,32-29-,34-33-,37-36-,48-45-. The van der Waals surface area contributed by atoms with E-state index in [2.05, 4.69) is 142 Å². The van der Waals surface area contributed by atoms with Gasteiger partial charge in [-0.25, -0.2) is 0 Å². The fraction of sp³-hybridized carbons (Fsp3) is 0.689. The normalized spacial score (nSPS) is 12.9. The van der Waals surface area contributed by atoms with Crippen molar-refractivity contribution in [2.24, 2.45) is 0 Å². The van der Waals surface area contributed by atoms with Crippen molar-refractivity contribution in [1.82, 2.24) is 0 Å². The molecule has 0 aliphatic carbocycles. The lowest BCUT2D eigenvalue weighted by atomic mass is 10.0. The molecule has 6 nitrogen and oxygen atoms in total. The van der Waals surface area contributed by atoms with Crippen LogP contribution in [0.25, 0.3) is 0 Å². The van der Waals surface area contributed by atoms with Crippen molar-refractivity contribution in [3.8, 4) is 0 Å². The molecule has 0 heterocycles. The maximum atomic E-state index is 12.9. The Balaban J connectivity index is 4.38. The Labute approximate surface area is 494 Å². The van der Waals surface area contributed by atoms with Crippen molar-refractivity contribution in [1.29, 1.82) is 0 Å². The van der Waals surface area contributed by atoms with E-state index in [1.165, 1.54) is 141 Å². The lowest BCUT2D eigenvalue weighted by molar-refractivity contribution is -0.167. The van der Waals surface area contributed by atoms with E-state index in [9.17, 15) is 14.4 Å². The van der Waals surface area contributed by atoms with E-state index in [-0.39, 0.29) is 31.1 Å². The first-order valence-corrected chi connectivity index (χ1v) is 33.5. The molecule has 0 spiro atoms. The van der Waals surface area contributed by atoms with E-state index in [1.807, 2.05) is 0 Å². The van der Waals surface area contributed by atoms with Gasteiger partial charge < -0.3 is 14.2 Å². The van der Waals surface area contributed by atoms with Gasteiger partial charge in [-0.3, -0.25) is 14.4 Å². The highest BCUT2D eigenvalue weighted by molar-refractivity contribution is 5.71. The van der Waals surface area contributed by atoms with Gasteiger partial charge in [-0.2, -0.15) is 0 Å². The summed E-state index contributed by atoms with van der Waals surface area (Å²) in [5.41, 5.74) is 0. The van der Waals surface area contributed by atoms with Crippen LogP contribution in [0.4, 0.5) is 0 Å². The van der Waals surface area contributed by atoms with Gasteiger partial charge in [0.15, 0.2) is 6.10 Å². The minimum atomic E-state index is -0.796. The third-order valence-corrected chi connectivity index (χ3v) is 14.2. The number of esters is 3. The van der Waals surface area contributed by atoms with Crippen molar-refractivity contribution in [2.75, 3.05) is 13.2 Å². The van der Waals surface area contributed by atoms with E-state index in [1.54, 1.807) is 0 Å². The summed E-state index contributed by atoms with van der Waals surface area (Å²) in [6.45, 7) is 6.41. The Hall–Kier alpha value is -4.19. The fourth-order valence-corrected chi connectivity index (χ4v) is 9.22. The average Bonchev–Trinajstić information content (AvgIpc) is 3.46. The zero-order chi connectivity index (χ0) is 57.8. The van der Waals surface area contributed by atoms with Crippen molar-refractivity contribution in [3.05, 3.63) is 122 Å². The number of ether oxygens (including phenoxy) is 3. The summed E-state index contributed by atoms with van der Waals surface area (Å²) in [6, 6.07) is 0. The van der Waals surface area contributed by atoms with Gasteiger partial charge in [-0.1, -0.05) is 284 Å². The molecule has 0 N–H and O–H groups in total. The first-order valence-electron chi connectivity index (χ1n) is 33.5. The number of rotatable bonds is 60. The van der Waals surface area contributed by atoms with Gasteiger partial charge in [-0.15, -0.1) is 0 Å². The van der Waals surface area contributed by atoms with Crippen LogP contribution in [0.1, 0.15) is 310 Å². The van der Waals surface area contributed by atoms with Crippen molar-refractivity contribution >= 4 is 17.9 Å². The molecule has 1 atom stereocenters. The van der Waals surface area contributed by atoms with Crippen LogP contribution >= 0.6 is 0 Å². The molecule has 0 bridgehead atoms. The molecule has 80 heavy (non-hydrogen) atoms. The van der Waals surface area contributed by atoms with Crippen molar-refractivity contribution in [2.45, 2.75) is 316 Å². The Bertz CT molecular complexity index is 1650. The molecule has 456 valence electrons. The van der Waals surface area contributed by atoms with E-state index in [4.69, 9.17) is 14.2 Å².